The highest BCUT2D eigenvalue weighted by Gasteiger charge is 2.04. The van der Waals surface area contributed by atoms with Crippen LogP contribution in [0.3, 0.4) is 0 Å². The molecule has 150 valence electrons. The van der Waals surface area contributed by atoms with Crippen LogP contribution in [0.15, 0.2) is 79.5 Å². The van der Waals surface area contributed by atoms with E-state index in [4.69, 9.17) is 0 Å². The van der Waals surface area contributed by atoms with E-state index in [9.17, 15) is 4.39 Å². The van der Waals surface area contributed by atoms with Gasteiger partial charge in [-0.3, -0.25) is 9.37 Å². The van der Waals surface area contributed by atoms with Gasteiger partial charge in [0.25, 0.3) is 0 Å². The van der Waals surface area contributed by atoms with E-state index in [1.165, 1.54) is 22.3 Å². The van der Waals surface area contributed by atoms with E-state index >= 15 is 0 Å². The molecule has 0 bridgehead atoms. The third-order valence-corrected chi connectivity index (χ3v) is 5.35. The van der Waals surface area contributed by atoms with Crippen LogP contribution in [0.25, 0.3) is 22.4 Å². The Morgan fingerprint density at radius 1 is 0.862 bits per heavy atom. The highest BCUT2D eigenvalue weighted by molar-refractivity contribution is 5.69. The summed E-state index contributed by atoms with van der Waals surface area (Å²) in [4.78, 5) is 4.64. The Hall–Kier alpha value is -2.74. The van der Waals surface area contributed by atoms with Gasteiger partial charge in [0.2, 0.25) is 0 Å². The van der Waals surface area contributed by atoms with Crippen molar-refractivity contribution in [3.63, 3.8) is 0 Å². The summed E-state index contributed by atoms with van der Waals surface area (Å²) in [6.45, 7) is 5.55. The van der Waals surface area contributed by atoms with E-state index in [1.807, 2.05) is 19.2 Å². The zero-order valence-corrected chi connectivity index (χ0v) is 17.3. The number of nitrogens with zero attached hydrogens (tertiary/aromatic N) is 1. The molecule has 0 radical (unpaired) electrons. The maximum atomic E-state index is 12.5. The predicted octanol–water partition coefficient (Wildman–Crippen LogP) is 7.46. The van der Waals surface area contributed by atoms with Gasteiger partial charge in [0.1, 0.15) is 0 Å². The maximum Gasteiger partial charge on any atom is 0.0919 e. The molecule has 1 nitrogen and oxygen atoms in total. The van der Waals surface area contributed by atoms with Crippen molar-refractivity contribution in [3.8, 4) is 22.4 Å². The van der Waals surface area contributed by atoms with Gasteiger partial charge in [0.15, 0.2) is 0 Å². The zero-order valence-electron chi connectivity index (χ0n) is 17.3. The molecule has 3 aromatic rings. The molecule has 0 aliphatic heterocycles. The fourth-order valence-electron chi connectivity index (χ4n) is 3.48. The number of benzene rings is 2. The van der Waals surface area contributed by atoms with Crippen molar-refractivity contribution in [1.29, 1.82) is 0 Å². The summed E-state index contributed by atoms with van der Waals surface area (Å²) in [5.74, 6) is 0.184. The van der Waals surface area contributed by atoms with Gasteiger partial charge in [0, 0.05) is 11.8 Å². The monoisotopic (exact) mass is 387 g/mol. The SMILES string of the molecule is C=CCc1ccc(-c2ccc(-c3ccc(CCCCC(C)CF)cn3)cc2)cc1. The quantitative estimate of drug-likeness (QED) is 0.260. The molecule has 0 fully saturated rings. The third-order valence-electron chi connectivity index (χ3n) is 5.35. The molecule has 0 aliphatic carbocycles. The van der Waals surface area contributed by atoms with E-state index in [2.05, 4.69) is 72.2 Å². The first-order valence-corrected chi connectivity index (χ1v) is 10.5. The van der Waals surface area contributed by atoms with Gasteiger partial charge in [-0.25, -0.2) is 0 Å². The van der Waals surface area contributed by atoms with E-state index in [1.54, 1.807) is 0 Å². The maximum absolute atomic E-state index is 12.5. The fraction of sp³-hybridized carbons (Fsp3) is 0.296. The molecule has 0 saturated heterocycles. The lowest BCUT2D eigenvalue weighted by Gasteiger charge is -2.08. The largest absolute Gasteiger partial charge is 0.256 e. The number of alkyl halides is 1. The van der Waals surface area contributed by atoms with Crippen LogP contribution in [0, 0.1) is 5.92 Å². The number of halogens is 1. The van der Waals surface area contributed by atoms with Crippen LogP contribution < -0.4 is 0 Å². The molecule has 0 aliphatic rings. The van der Waals surface area contributed by atoms with Crippen molar-refractivity contribution >= 4 is 0 Å². The lowest BCUT2D eigenvalue weighted by atomic mass is 10.00. The summed E-state index contributed by atoms with van der Waals surface area (Å²) in [6.07, 6.45) is 8.93. The number of allylic oxidation sites excluding steroid dienone is 1. The second-order valence-corrected chi connectivity index (χ2v) is 7.82. The van der Waals surface area contributed by atoms with E-state index < -0.39 is 0 Å². The van der Waals surface area contributed by atoms with Crippen LogP contribution in [0.2, 0.25) is 0 Å². The van der Waals surface area contributed by atoms with Crippen LogP contribution in [-0.2, 0) is 12.8 Å². The molecule has 0 saturated carbocycles. The highest BCUT2D eigenvalue weighted by Crippen LogP contribution is 2.24. The molecule has 2 heteroatoms. The molecule has 29 heavy (non-hydrogen) atoms. The summed E-state index contributed by atoms with van der Waals surface area (Å²) >= 11 is 0. The van der Waals surface area contributed by atoms with E-state index in [-0.39, 0.29) is 12.6 Å². The molecular formula is C27H30FN. The molecule has 1 aromatic heterocycles. The average molecular weight is 388 g/mol. The summed E-state index contributed by atoms with van der Waals surface area (Å²) in [5.41, 5.74) is 7.07. The van der Waals surface area contributed by atoms with E-state index in [0.717, 1.165) is 43.4 Å². The van der Waals surface area contributed by atoms with Crippen molar-refractivity contribution in [2.24, 2.45) is 5.92 Å². The predicted molar refractivity (Wildman–Crippen MR) is 122 cm³/mol. The number of aromatic nitrogens is 1. The second kappa shape index (κ2) is 10.7. The van der Waals surface area contributed by atoms with Crippen molar-refractivity contribution in [2.45, 2.75) is 39.0 Å². The fourth-order valence-corrected chi connectivity index (χ4v) is 3.48. The third kappa shape index (κ3) is 6.12. The van der Waals surface area contributed by atoms with Gasteiger partial charge < -0.3 is 0 Å². The summed E-state index contributed by atoms with van der Waals surface area (Å²) < 4.78 is 12.5. The average Bonchev–Trinajstić information content (AvgIpc) is 2.78. The smallest absolute Gasteiger partial charge is 0.0919 e. The molecule has 0 amide bonds. The summed E-state index contributed by atoms with van der Waals surface area (Å²) in [5, 5.41) is 0. The van der Waals surface area contributed by atoms with Crippen LogP contribution >= 0.6 is 0 Å². The minimum atomic E-state index is -0.213. The van der Waals surface area contributed by atoms with Gasteiger partial charge in [0.05, 0.1) is 12.4 Å². The molecule has 3 rings (SSSR count). The van der Waals surface area contributed by atoms with Crippen LogP contribution in [0.5, 0.6) is 0 Å². The molecule has 1 unspecified atom stereocenters. The minimum Gasteiger partial charge on any atom is -0.256 e. The Kier molecular flexibility index (Phi) is 7.75. The second-order valence-electron chi connectivity index (χ2n) is 7.82. The number of hydrogen-bond acceptors (Lipinski definition) is 1. The van der Waals surface area contributed by atoms with Gasteiger partial charge in [-0.1, -0.05) is 74.0 Å². The first kappa shape index (κ1) is 21.0. The number of rotatable bonds is 10. The molecule has 0 spiro atoms. The van der Waals surface area contributed by atoms with Crippen LogP contribution in [-0.4, -0.2) is 11.7 Å². The van der Waals surface area contributed by atoms with Crippen molar-refractivity contribution in [1.82, 2.24) is 4.98 Å². The van der Waals surface area contributed by atoms with Gasteiger partial charge in [-0.15, -0.1) is 6.58 Å². The standard InChI is InChI=1S/C27H30FN/c1-3-6-22-9-12-24(13-10-22)25-14-16-26(17-15-25)27-18-11-23(20-29-27)8-5-4-7-21(2)19-28/h3,9-18,20-21H,1,4-8,19H2,2H3. The Bertz CT molecular complexity index is 879. The lowest BCUT2D eigenvalue weighted by molar-refractivity contribution is 0.357. The first-order valence-electron chi connectivity index (χ1n) is 10.5. The summed E-state index contributed by atoms with van der Waals surface area (Å²) in [6, 6.07) is 21.5. The Labute approximate surface area is 174 Å². The zero-order chi connectivity index (χ0) is 20.5. The first-order chi connectivity index (χ1) is 14.2. The highest BCUT2D eigenvalue weighted by atomic mass is 19.1. The Morgan fingerprint density at radius 3 is 2.07 bits per heavy atom. The van der Waals surface area contributed by atoms with Crippen molar-refractivity contribution < 1.29 is 4.39 Å². The number of hydrogen-bond donors (Lipinski definition) is 0. The topological polar surface area (TPSA) is 12.9 Å². The van der Waals surface area contributed by atoms with Crippen molar-refractivity contribution in [3.05, 3.63) is 90.6 Å². The molecular weight excluding hydrogens is 357 g/mol. The molecule has 2 aromatic carbocycles. The molecule has 1 heterocycles. The van der Waals surface area contributed by atoms with Gasteiger partial charge >= 0.3 is 0 Å². The lowest BCUT2D eigenvalue weighted by Crippen LogP contribution is -1.97. The molecule has 0 N–H and O–H groups in total. The van der Waals surface area contributed by atoms with Crippen LogP contribution in [0.4, 0.5) is 4.39 Å². The van der Waals surface area contributed by atoms with Gasteiger partial charge in [-0.05, 0) is 59.9 Å². The Balaban J connectivity index is 1.58. The Morgan fingerprint density at radius 2 is 1.48 bits per heavy atom. The number of aryl methyl sites for hydroxylation is 1. The summed E-state index contributed by atoms with van der Waals surface area (Å²) in [7, 11) is 0. The van der Waals surface area contributed by atoms with E-state index in [0.29, 0.717) is 0 Å². The van der Waals surface area contributed by atoms with Crippen LogP contribution in [0.1, 0.15) is 37.3 Å². The number of unbranched alkanes of at least 4 members (excludes halogenated alkanes) is 1. The molecule has 1 atom stereocenters. The van der Waals surface area contributed by atoms with Crippen molar-refractivity contribution in [2.75, 3.05) is 6.67 Å². The normalized spacial score (nSPS) is 11.9. The van der Waals surface area contributed by atoms with Gasteiger partial charge in [-0.2, -0.15) is 0 Å². The number of pyridine rings is 1. The minimum absolute atomic E-state index is 0.184.